The molecule has 0 radical (unpaired) electrons. The van der Waals surface area contributed by atoms with Crippen molar-refractivity contribution in [2.45, 2.75) is 50.7 Å². The Labute approximate surface area is 200 Å². The Kier molecular flexibility index (Phi) is 7.21. The van der Waals surface area contributed by atoms with Crippen LogP contribution in [-0.4, -0.2) is 23.7 Å². The third-order valence-corrected chi connectivity index (χ3v) is 6.33. The van der Waals surface area contributed by atoms with E-state index in [9.17, 15) is 14.4 Å². The molecule has 1 unspecified atom stereocenters. The van der Waals surface area contributed by atoms with Gasteiger partial charge in [0, 0.05) is 17.2 Å². The topological polar surface area (TPSA) is 72.5 Å². The zero-order chi connectivity index (χ0) is 24.0. The van der Waals surface area contributed by atoms with Gasteiger partial charge in [-0.15, -0.1) is 0 Å². The Morgan fingerprint density at radius 3 is 1.97 bits per heavy atom. The molecule has 1 saturated carbocycles. The molecule has 0 aromatic heterocycles. The summed E-state index contributed by atoms with van der Waals surface area (Å²) in [6.45, 7) is 1.92. The first-order valence-electron chi connectivity index (χ1n) is 11.8. The highest BCUT2D eigenvalue weighted by Crippen LogP contribution is 2.33. The molecule has 4 rings (SSSR count). The number of nitrogens with one attached hydrogen (secondary N) is 1. The van der Waals surface area contributed by atoms with Crippen molar-refractivity contribution < 1.29 is 19.1 Å². The second-order valence-corrected chi connectivity index (χ2v) is 8.81. The molecule has 1 N–H and O–H groups in total. The van der Waals surface area contributed by atoms with Gasteiger partial charge in [0.05, 0.1) is 5.56 Å². The van der Waals surface area contributed by atoms with Gasteiger partial charge in [-0.2, -0.15) is 0 Å². The molecule has 1 amide bonds. The molecule has 1 fully saturated rings. The van der Waals surface area contributed by atoms with Crippen LogP contribution < -0.4 is 5.32 Å². The van der Waals surface area contributed by atoms with Crippen LogP contribution in [0.15, 0.2) is 84.9 Å². The van der Waals surface area contributed by atoms with E-state index in [1.54, 1.807) is 84.9 Å². The predicted molar refractivity (Wildman–Crippen MR) is 131 cm³/mol. The number of carbonyl (C=O) groups excluding carboxylic acids is 3. The van der Waals surface area contributed by atoms with Crippen molar-refractivity contribution in [3.63, 3.8) is 0 Å². The van der Waals surface area contributed by atoms with Gasteiger partial charge in [-0.25, -0.2) is 4.79 Å². The van der Waals surface area contributed by atoms with Gasteiger partial charge in [-0.1, -0.05) is 97.6 Å². The average Bonchev–Trinajstić information content (AvgIpc) is 2.88. The molecule has 0 heterocycles. The summed E-state index contributed by atoms with van der Waals surface area (Å²) < 4.78 is 5.97. The number of Topliss-reactive ketones (excluding diaryl/α,β-unsaturated/α-hetero) is 1. The van der Waals surface area contributed by atoms with Crippen molar-refractivity contribution >= 4 is 17.7 Å². The summed E-state index contributed by atoms with van der Waals surface area (Å²) >= 11 is 0. The molecule has 3 aromatic carbocycles. The third-order valence-electron chi connectivity index (χ3n) is 6.33. The van der Waals surface area contributed by atoms with Crippen LogP contribution in [0.1, 0.15) is 63.9 Å². The second kappa shape index (κ2) is 10.5. The van der Waals surface area contributed by atoms with Crippen molar-refractivity contribution in [1.82, 2.24) is 5.32 Å². The van der Waals surface area contributed by atoms with Gasteiger partial charge in [0.25, 0.3) is 11.5 Å². The van der Waals surface area contributed by atoms with Crippen LogP contribution in [0.4, 0.5) is 0 Å². The number of ether oxygens (including phenoxy) is 1. The highest BCUT2D eigenvalue weighted by molar-refractivity contribution is 6.18. The van der Waals surface area contributed by atoms with Crippen LogP contribution in [0.3, 0.4) is 0 Å². The molecule has 0 aliphatic heterocycles. The molecule has 0 bridgehead atoms. The fraction of sp³-hybridized carbons (Fsp3) is 0.276. The van der Waals surface area contributed by atoms with Crippen molar-refractivity contribution in [1.29, 1.82) is 0 Å². The van der Waals surface area contributed by atoms with E-state index in [4.69, 9.17) is 4.74 Å². The maximum absolute atomic E-state index is 14.0. The zero-order valence-electron chi connectivity index (χ0n) is 19.3. The van der Waals surface area contributed by atoms with Gasteiger partial charge in [-0.3, -0.25) is 9.59 Å². The number of hydrogen-bond acceptors (Lipinski definition) is 4. The maximum Gasteiger partial charge on any atom is 0.340 e. The van der Waals surface area contributed by atoms with Crippen molar-refractivity contribution in [2.75, 3.05) is 0 Å². The molecule has 1 aliphatic carbocycles. The lowest BCUT2D eigenvalue weighted by Gasteiger charge is -2.34. The SMILES string of the molecule is Cc1ccc(C(=O)OC(C(=O)NC2CCCCC2)(C(=O)c2ccccc2)c2ccccc2)cc1. The molecular weight excluding hydrogens is 426 g/mol. The molecule has 3 aromatic rings. The monoisotopic (exact) mass is 455 g/mol. The Balaban J connectivity index is 1.81. The van der Waals surface area contributed by atoms with E-state index in [-0.39, 0.29) is 11.6 Å². The first kappa shape index (κ1) is 23.4. The standard InChI is InChI=1S/C29H29NO4/c1-21-17-19-23(20-18-21)27(32)34-29(24-13-7-3-8-14-24,26(31)22-11-5-2-6-12-22)28(33)30-25-15-9-4-10-16-25/h2-3,5-8,11-14,17-20,25H,4,9-10,15-16H2,1H3,(H,30,33). The number of rotatable bonds is 7. The fourth-order valence-electron chi connectivity index (χ4n) is 4.40. The summed E-state index contributed by atoms with van der Waals surface area (Å²) in [5, 5.41) is 3.04. The van der Waals surface area contributed by atoms with Gasteiger partial charge in [0.15, 0.2) is 0 Å². The lowest BCUT2D eigenvalue weighted by Crippen LogP contribution is -2.55. The van der Waals surface area contributed by atoms with Crippen LogP contribution in [0.25, 0.3) is 0 Å². The second-order valence-electron chi connectivity index (χ2n) is 8.81. The first-order chi connectivity index (χ1) is 16.5. The van der Waals surface area contributed by atoms with Crippen LogP contribution >= 0.6 is 0 Å². The number of aryl methyl sites for hydroxylation is 1. The zero-order valence-corrected chi connectivity index (χ0v) is 19.3. The minimum Gasteiger partial charge on any atom is -0.432 e. The smallest absolute Gasteiger partial charge is 0.340 e. The minimum atomic E-state index is -2.15. The Hall–Kier alpha value is -3.73. The van der Waals surface area contributed by atoms with E-state index >= 15 is 0 Å². The van der Waals surface area contributed by atoms with Gasteiger partial charge >= 0.3 is 5.97 Å². The quantitative estimate of drug-likeness (QED) is 0.295. The molecule has 0 saturated heterocycles. The van der Waals surface area contributed by atoms with E-state index in [1.807, 2.05) is 6.92 Å². The summed E-state index contributed by atoms with van der Waals surface area (Å²) in [5.41, 5.74) is -0.278. The number of hydrogen-bond donors (Lipinski definition) is 1. The number of amides is 1. The fourth-order valence-corrected chi connectivity index (χ4v) is 4.40. The van der Waals surface area contributed by atoms with Crippen LogP contribution in [-0.2, 0) is 15.1 Å². The van der Waals surface area contributed by atoms with Crippen molar-refractivity contribution in [3.8, 4) is 0 Å². The lowest BCUT2D eigenvalue weighted by atomic mass is 9.83. The van der Waals surface area contributed by atoms with Gasteiger partial charge in [-0.05, 0) is 31.9 Å². The largest absolute Gasteiger partial charge is 0.432 e. The van der Waals surface area contributed by atoms with Crippen LogP contribution in [0.2, 0.25) is 0 Å². The summed E-state index contributed by atoms with van der Waals surface area (Å²) in [4.78, 5) is 41.3. The maximum atomic E-state index is 14.0. The number of ketones is 1. The summed E-state index contributed by atoms with van der Waals surface area (Å²) in [5.74, 6) is -1.92. The minimum absolute atomic E-state index is 0.0639. The summed E-state index contributed by atoms with van der Waals surface area (Å²) in [6, 6.07) is 23.9. The Morgan fingerprint density at radius 2 is 1.35 bits per heavy atom. The van der Waals surface area contributed by atoms with E-state index in [2.05, 4.69) is 5.32 Å². The molecular formula is C29H29NO4. The van der Waals surface area contributed by atoms with Crippen molar-refractivity contribution in [2.24, 2.45) is 0 Å². The van der Waals surface area contributed by atoms with Gasteiger partial charge < -0.3 is 10.1 Å². The Bertz CT molecular complexity index is 1140. The van der Waals surface area contributed by atoms with E-state index in [0.29, 0.717) is 11.1 Å². The molecule has 1 atom stereocenters. The first-order valence-corrected chi connectivity index (χ1v) is 11.8. The molecule has 1 aliphatic rings. The average molecular weight is 456 g/mol. The highest BCUT2D eigenvalue weighted by atomic mass is 16.6. The van der Waals surface area contributed by atoms with E-state index in [1.165, 1.54) is 0 Å². The summed E-state index contributed by atoms with van der Waals surface area (Å²) in [7, 11) is 0. The Morgan fingerprint density at radius 1 is 0.765 bits per heavy atom. The third kappa shape index (κ3) is 4.93. The van der Waals surface area contributed by atoms with Crippen LogP contribution in [0, 0.1) is 6.92 Å². The highest BCUT2D eigenvalue weighted by Gasteiger charge is 2.52. The van der Waals surface area contributed by atoms with Crippen LogP contribution in [0.5, 0.6) is 0 Å². The van der Waals surface area contributed by atoms with Gasteiger partial charge in [0.2, 0.25) is 5.78 Å². The number of esters is 1. The molecule has 34 heavy (non-hydrogen) atoms. The predicted octanol–water partition coefficient (Wildman–Crippen LogP) is 5.38. The molecule has 0 spiro atoms. The van der Waals surface area contributed by atoms with Crippen molar-refractivity contribution in [3.05, 3.63) is 107 Å². The molecule has 174 valence electrons. The number of carbonyl (C=O) groups is 3. The lowest BCUT2D eigenvalue weighted by molar-refractivity contribution is -0.138. The van der Waals surface area contributed by atoms with E-state index in [0.717, 1.165) is 37.7 Å². The molecule has 5 nitrogen and oxygen atoms in total. The normalized spacial score (nSPS) is 15.7. The number of benzene rings is 3. The summed E-state index contributed by atoms with van der Waals surface area (Å²) in [6.07, 6.45) is 4.82. The van der Waals surface area contributed by atoms with E-state index < -0.39 is 23.3 Å². The van der Waals surface area contributed by atoms with Gasteiger partial charge in [0.1, 0.15) is 0 Å². The molecule has 5 heteroatoms.